The minimum atomic E-state index is 0.144. The minimum absolute atomic E-state index is 0.144. The van der Waals surface area contributed by atoms with Crippen LogP contribution in [-0.4, -0.2) is 38.3 Å². The van der Waals surface area contributed by atoms with Crippen molar-refractivity contribution >= 4 is 5.91 Å². The van der Waals surface area contributed by atoms with E-state index in [1.54, 1.807) is 0 Å². The molecule has 1 amide bonds. The Morgan fingerprint density at radius 1 is 1.40 bits per heavy atom. The number of hydrogen-bond acceptors (Lipinski definition) is 3. The summed E-state index contributed by atoms with van der Waals surface area (Å²) >= 11 is 0. The smallest absolute Gasteiger partial charge is 0.221 e. The fourth-order valence-electron chi connectivity index (χ4n) is 2.17. The van der Waals surface area contributed by atoms with Crippen LogP contribution in [0.4, 0.5) is 0 Å². The highest BCUT2D eigenvalue weighted by Gasteiger charge is 2.40. The fourth-order valence-corrected chi connectivity index (χ4v) is 2.17. The normalized spacial score (nSPS) is 30.5. The van der Waals surface area contributed by atoms with Crippen molar-refractivity contribution in [3.05, 3.63) is 0 Å². The van der Waals surface area contributed by atoms with E-state index in [-0.39, 0.29) is 11.9 Å². The van der Waals surface area contributed by atoms with Gasteiger partial charge in [-0.3, -0.25) is 4.79 Å². The summed E-state index contributed by atoms with van der Waals surface area (Å²) in [7, 11) is 1.86. The van der Waals surface area contributed by atoms with Crippen LogP contribution < -0.4 is 10.6 Å². The summed E-state index contributed by atoms with van der Waals surface area (Å²) in [5, 5.41) is 6.06. The van der Waals surface area contributed by atoms with E-state index >= 15 is 0 Å². The van der Waals surface area contributed by atoms with Crippen molar-refractivity contribution in [1.82, 2.24) is 10.6 Å². The van der Waals surface area contributed by atoms with Crippen molar-refractivity contribution < 1.29 is 9.53 Å². The molecular weight excluding hydrogens is 192 g/mol. The Labute approximate surface area is 90.8 Å². The van der Waals surface area contributed by atoms with Crippen LogP contribution in [0.1, 0.15) is 25.7 Å². The second kappa shape index (κ2) is 4.94. The number of hydrogen-bond donors (Lipinski definition) is 2. The van der Waals surface area contributed by atoms with Gasteiger partial charge in [0.05, 0.1) is 12.1 Å². The lowest BCUT2D eigenvalue weighted by Gasteiger charge is -2.19. The molecule has 0 spiro atoms. The zero-order valence-corrected chi connectivity index (χ0v) is 9.29. The molecule has 0 bridgehead atoms. The highest BCUT2D eigenvalue weighted by atomic mass is 16.5. The lowest BCUT2D eigenvalue weighted by Crippen LogP contribution is -2.42. The molecule has 1 saturated heterocycles. The highest BCUT2D eigenvalue weighted by Crippen LogP contribution is 2.38. The minimum Gasteiger partial charge on any atom is -0.376 e. The van der Waals surface area contributed by atoms with Gasteiger partial charge in [-0.25, -0.2) is 0 Å². The van der Waals surface area contributed by atoms with E-state index in [2.05, 4.69) is 10.6 Å². The van der Waals surface area contributed by atoms with E-state index in [1.807, 2.05) is 7.05 Å². The molecule has 2 aliphatic rings. The molecule has 2 unspecified atom stereocenters. The van der Waals surface area contributed by atoms with Gasteiger partial charge in [0.2, 0.25) is 5.91 Å². The molecule has 4 nitrogen and oxygen atoms in total. The Morgan fingerprint density at radius 3 is 2.87 bits per heavy atom. The van der Waals surface area contributed by atoms with Gasteiger partial charge in [0.25, 0.3) is 0 Å². The molecule has 86 valence electrons. The van der Waals surface area contributed by atoms with E-state index in [1.165, 1.54) is 12.8 Å². The standard InChI is InChI=1S/C11H20N2O2/c1-12-6-4-10(14)13-9-5-7-15-11(9)8-2-3-8/h8-9,11-12H,2-7H2,1H3,(H,13,14). The van der Waals surface area contributed by atoms with Crippen LogP contribution in [0.3, 0.4) is 0 Å². The van der Waals surface area contributed by atoms with Crippen LogP contribution in [0.2, 0.25) is 0 Å². The first-order chi connectivity index (χ1) is 7.31. The number of nitrogens with one attached hydrogen (secondary N) is 2. The molecule has 1 saturated carbocycles. The first-order valence-corrected chi connectivity index (χ1v) is 5.87. The van der Waals surface area contributed by atoms with E-state index in [4.69, 9.17) is 4.74 Å². The maximum Gasteiger partial charge on any atom is 0.221 e. The maximum atomic E-state index is 11.5. The fraction of sp³-hybridized carbons (Fsp3) is 0.909. The molecule has 2 fully saturated rings. The van der Waals surface area contributed by atoms with Crippen LogP contribution in [0.5, 0.6) is 0 Å². The molecule has 2 N–H and O–H groups in total. The van der Waals surface area contributed by atoms with Crippen molar-refractivity contribution in [1.29, 1.82) is 0 Å². The summed E-state index contributed by atoms with van der Waals surface area (Å²) < 4.78 is 5.66. The lowest BCUT2D eigenvalue weighted by molar-refractivity contribution is -0.122. The monoisotopic (exact) mass is 212 g/mol. The molecule has 0 aromatic rings. The molecule has 2 rings (SSSR count). The van der Waals surface area contributed by atoms with Crippen LogP contribution >= 0.6 is 0 Å². The van der Waals surface area contributed by atoms with Gasteiger partial charge in [-0.05, 0) is 32.2 Å². The highest BCUT2D eigenvalue weighted by molar-refractivity contribution is 5.76. The van der Waals surface area contributed by atoms with E-state index in [9.17, 15) is 4.79 Å². The van der Waals surface area contributed by atoms with Crippen molar-refractivity contribution in [2.45, 2.75) is 37.8 Å². The maximum absolute atomic E-state index is 11.5. The summed E-state index contributed by atoms with van der Waals surface area (Å²) in [6.45, 7) is 1.55. The van der Waals surface area contributed by atoms with E-state index in [0.717, 1.165) is 19.6 Å². The average Bonchev–Trinajstić information content (AvgIpc) is 2.97. The van der Waals surface area contributed by atoms with Gasteiger partial charge in [-0.2, -0.15) is 0 Å². The van der Waals surface area contributed by atoms with Gasteiger partial charge >= 0.3 is 0 Å². The van der Waals surface area contributed by atoms with Crippen molar-refractivity contribution in [3.8, 4) is 0 Å². The van der Waals surface area contributed by atoms with Gasteiger partial charge in [-0.1, -0.05) is 0 Å². The molecule has 1 heterocycles. The summed E-state index contributed by atoms with van der Waals surface area (Å²) in [4.78, 5) is 11.5. The summed E-state index contributed by atoms with van der Waals surface area (Å²) in [5.74, 6) is 0.854. The zero-order valence-electron chi connectivity index (χ0n) is 9.29. The van der Waals surface area contributed by atoms with Gasteiger partial charge < -0.3 is 15.4 Å². The lowest BCUT2D eigenvalue weighted by atomic mass is 10.1. The third kappa shape index (κ3) is 2.92. The van der Waals surface area contributed by atoms with Gasteiger partial charge in [0.1, 0.15) is 0 Å². The Balaban J connectivity index is 1.74. The number of amides is 1. The molecule has 1 aliphatic heterocycles. The Bertz CT molecular complexity index is 229. The van der Waals surface area contributed by atoms with Crippen LogP contribution in [-0.2, 0) is 9.53 Å². The van der Waals surface area contributed by atoms with Crippen LogP contribution in [0.15, 0.2) is 0 Å². The number of ether oxygens (including phenoxy) is 1. The number of rotatable bonds is 5. The molecule has 0 aromatic carbocycles. The second-order valence-electron chi connectivity index (χ2n) is 4.49. The SMILES string of the molecule is CNCCC(=O)NC1CCOC1C1CC1. The topological polar surface area (TPSA) is 50.4 Å². The second-order valence-corrected chi connectivity index (χ2v) is 4.49. The van der Waals surface area contributed by atoms with Crippen molar-refractivity contribution in [2.24, 2.45) is 5.92 Å². The Kier molecular flexibility index (Phi) is 3.59. The molecule has 15 heavy (non-hydrogen) atoms. The third-order valence-corrected chi connectivity index (χ3v) is 3.17. The predicted molar refractivity (Wildman–Crippen MR) is 57.6 cm³/mol. The third-order valence-electron chi connectivity index (χ3n) is 3.17. The molecule has 1 aliphatic carbocycles. The first kappa shape index (κ1) is 10.9. The van der Waals surface area contributed by atoms with Crippen molar-refractivity contribution in [2.75, 3.05) is 20.2 Å². The van der Waals surface area contributed by atoms with Crippen LogP contribution in [0, 0.1) is 5.92 Å². The van der Waals surface area contributed by atoms with Gasteiger partial charge in [0, 0.05) is 19.6 Å². The molecule has 0 aromatic heterocycles. The molecular formula is C11H20N2O2. The molecule has 0 radical (unpaired) electrons. The van der Waals surface area contributed by atoms with Crippen LogP contribution in [0.25, 0.3) is 0 Å². The number of carbonyl (C=O) groups excluding carboxylic acids is 1. The van der Waals surface area contributed by atoms with E-state index in [0.29, 0.717) is 18.4 Å². The zero-order chi connectivity index (χ0) is 10.7. The van der Waals surface area contributed by atoms with Crippen molar-refractivity contribution in [3.63, 3.8) is 0 Å². The Hall–Kier alpha value is -0.610. The summed E-state index contributed by atoms with van der Waals surface area (Å²) in [6, 6.07) is 0.266. The summed E-state index contributed by atoms with van der Waals surface area (Å²) in [5.41, 5.74) is 0. The van der Waals surface area contributed by atoms with E-state index < -0.39 is 0 Å². The first-order valence-electron chi connectivity index (χ1n) is 5.87. The summed E-state index contributed by atoms with van der Waals surface area (Å²) in [6.07, 6.45) is 4.38. The largest absolute Gasteiger partial charge is 0.376 e. The Morgan fingerprint density at radius 2 is 2.20 bits per heavy atom. The predicted octanol–water partition coefficient (Wildman–Crippen LogP) is 0.280. The van der Waals surface area contributed by atoms with Gasteiger partial charge in [0.15, 0.2) is 0 Å². The number of carbonyl (C=O) groups is 1. The molecule has 2 atom stereocenters. The molecule has 4 heteroatoms. The quantitative estimate of drug-likeness (QED) is 0.688. The average molecular weight is 212 g/mol. The van der Waals surface area contributed by atoms with Gasteiger partial charge in [-0.15, -0.1) is 0 Å².